The summed E-state index contributed by atoms with van der Waals surface area (Å²) < 4.78 is 75.4. The predicted octanol–water partition coefficient (Wildman–Crippen LogP) is 3.39. The van der Waals surface area contributed by atoms with E-state index in [1.54, 1.807) is 25.1 Å². The van der Waals surface area contributed by atoms with Crippen LogP contribution in [0.4, 0.5) is 13.2 Å². The maximum Gasteiger partial charge on any atom is 0.416 e. The molecule has 1 heterocycles. The van der Waals surface area contributed by atoms with Crippen LogP contribution in [0.5, 0.6) is 11.5 Å². The van der Waals surface area contributed by atoms with Crippen molar-refractivity contribution in [3.05, 3.63) is 58.0 Å². The van der Waals surface area contributed by atoms with Crippen molar-refractivity contribution in [2.75, 3.05) is 25.7 Å². The third-order valence-electron chi connectivity index (χ3n) is 4.69. The molecular weight excluding hydrogens is 437 g/mol. The lowest BCUT2D eigenvalue weighted by atomic mass is 10.1. The number of halogens is 3. The number of methoxy groups -OCH3 is 1. The van der Waals surface area contributed by atoms with Gasteiger partial charge in [0.05, 0.1) is 42.1 Å². The fourth-order valence-electron chi connectivity index (χ4n) is 3.39. The Kier molecular flexibility index (Phi) is 6.08. The summed E-state index contributed by atoms with van der Waals surface area (Å²) in [5.74, 6) is 0.330. The van der Waals surface area contributed by atoms with Crippen LogP contribution in [0.1, 0.15) is 24.1 Å². The van der Waals surface area contributed by atoms with E-state index in [9.17, 15) is 26.4 Å². The molecule has 0 fully saturated rings. The molecule has 1 N–H and O–H groups in total. The molecule has 0 aliphatic carbocycles. The molecule has 7 nitrogen and oxygen atoms in total. The standard InChI is InChI=1S/C20H21F3N2O5S/c1-4-30-18-9-12(5-8-17(18)29-2)16(11-31(3,27)28)25-15-7-6-13(20(21,22)23)10-14(15)24-19(25)26/h5-10,16H,4,11H2,1-3H3,(H,24,26)/t16-/m1/s1. The van der Waals surface area contributed by atoms with Crippen molar-refractivity contribution in [1.82, 2.24) is 9.55 Å². The number of alkyl halides is 3. The van der Waals surface area contributed by atoms with Crippen LogP contribution in [-0.2, 0) is 16.0 Å². The molecule has 0 radical (unpaired) electrons. The summed E-state index contributed by atoms with van der Waals surface area (Å²) >= 11 is 0. The molecule has 0 saturated carbocycles. The molecule has 168 valence electrons. The van der Waals surface area contributed by atoms with Gasteiger partial charge >= 0.3 is 11.9 Å². The zero-order chi connectivity index (χ0) is 23.0. The molecule has 1 atom stereocenters. The molecule has 0 amide bonds. The highest BCUT2D eigenvalue weighted by atomic mass is 32.2. The quantitative estimate of drug-likeness (QED) is 0.586. The van der Waals surface area contributed by atoms with Gasteiger partial charge in [0.2, 0.25) is 0 Å². The van der Waals surface area contributed by atoms with Crippen LogP contribution in [-0.4, -0.2) is 43.7 Å². The van der Waals surface area contributed by atoms with Gasteiger partial charge in [0.25, 0.3) is 0 Å². The van der Waals surface area contributed by atoms with Crippen LogP contribution < -0.4 is 15.2 Å². The van der Waals surface area contributed by atoms with Crippen LogP contribution in [0, 0.1) is 0 Å². The van der Waals surface area contributed by atoms with Crippen molar-refractivity contribution in [3.8, 4) is 11.5 Å². The highest BCUT2D eigenvalue weighted by Gasteiger charge is 2.32. The van der Waals surface area contributed by atoms with Crippen LogP contribution in [0.2, 0.25) is 0 Å². The van der Waals surface area contributed by atoms with Crippen molar-refractivity contribution in [2.24, 2.45) is 0 Å². The van der Waals surface area contributed by atoms with Gasteiger partial charge in [0.1, 0.15) is 9.84 Å². The lowest BCUT2D eigenvalue weighted by molar-refractivity contribution is -0.137. The topological polar surface area (TPSA) is 90.4 Å². The monoisotopic (exact) mass is 458 g/mol. The Balaban J connectivity index is 2.23. The fourth-order valence-corrected chi connectivity index (χ4v) is 4.31. The number of aromatic nitrogens is 2. The van der Waals surface area contributed by atoms with Crippen LogP contribution in [0.3, 0.4) is 0 Å². The first-order valence-electron chi connectivity index (χ1n) is 9.24. The van der Waals surface area contributed by atoms with Gasteiger partial charge in [-0.2, -0.15) is 13.2 Å². The second-order valence-electron chi connectivity index (χ2n) is 6.98. The van der Waals surface area contributed by atoms with E-state index in [4.69, 9.17) is 9.47 Å². The Labute approximate surface area is 176 Å². The van der Waals surface area contributed by atoms with E-state index in [1.807, 2.05) is 0 Å². The van der Waals surface area contributed by atoms with Gasteiger partial charge in [-0.1, -0.05) is 6.07 Å². The number of benzene rings is 2. The number of fused-ring (bicyclic) bond motifs is 1. The molecule has 0 bridgehead atoms. The first-order valence-corrected chi connectivity index (χ1v) is 11.3. The third kappa shape index (κ3) is 4.87. The van der Waals surface area contributed by atoms with Gasteiger partial charge in [-0.05, 0) is 42.8 Å². The third-order valence-corrected chi connectivity index (χ3v) is 5.61. The number of hydrogen-bond donors (Lipinski definition) is 1. The molecule has 11 heteroatoms. The second-order valence-corrected chi connectivity index (χ2v) is 9.17. The Morgan fingerprint density at radius 2 is 1.84 bits per heavy atom. The number of rotatable bonds is 7. The highest BCUT2D eigenvalue weighted by Crippen LogP contribution is 2.34. The Morgan fingerprint density at radius 3 is 2.42 bits per heavy atom. The summed E-state index contributed by atoms with van der Waals surface area (Å²) in [4.78, 5) is 15.1. The van der Waals surface area contributed by atoms with Crippen molar-refractivity contribution in [2.45, 2.75) is 19.1 Å². The van der Waals surface area contributed by atoms with Crippen molar-refractivity contribution >= 4 is 20.9 Å². The Morgan fingerprint density at radius 1 is 1.13 bits per heavy atom. The van der Waals surface area contributed by atoms with E-state index < -0.39 is 39.1 Å². The van der Waals surface area contributed by atoms with Crippen molar-refractivity contribution in [3.63, 3.8) is 0 Å². The summed E-state index contributed by atoms with van der Waals surface area (Å²) in [6.07, 6.45) is -3.56. The summed E-state index contributed by atoms with van der Waals surface area (Å²) in [5.41, 5.74) is -1.11. The molecule has 2 aromatic carbocycles. The summed E-state index contributed by atoms with van der Waals surface area (Å²) in [7, 11) is -2.13. The summed E-state index contributed by atoms with van der Waals surface area (Å²) in [5, 5.41) is 0. The van der Waals surface area contributed by atoms with Gasteiger partial charge in [-0.25, -0.2) is 13.2 Å². The van der Waals surface area contributed by atoms with Gasteiger partial charge < -0.3 is 14.5 Å². The molecule has 0 unspecified atom stereocenters. The van der Waals surface area contributed by atoms with Crippen LogP contribution >= 0.6 is 0 Å². The largest absolute Gasteiger partial charge is 0.493 e. The van der Waals surface area contributed by atoms with Crippen molar-refractivity contribution in [1.29, 1.82) is 0 Å². The molecule has 0 saturated heterocycles. The number of nitrogens with one attached hydrogen (secondary N) is 1. The predicted molar refractivity (Wildman–Crippen MR) is 110 cm³/mol. The highest BCUT2D eigenvalue weighted by molar-refractivity contribution is 7.90. The van der Waals surface area contributed by atoms with E-state index in [0.717, 1.165) is 29.0 Å². The number of hydrogen-bond acceptors (Lipinski definition) is 5. The lowest BCUT2D eigenvalue weighted by Gasteiger charge is -2.20. The van der Waals surface area contributed by atoms with Crippen molar-refractivity contribution < 1.29 is 31.1 Å². The van der Waals surface area contributed by atoms with E-state index in [2.05, 4.69) is 4.98 Å². The molecule has 31 heavy (non-hydrogen) atoms. The Bertz CT molecular complexity index is 1260. The zero-order valence-corrected chi connectivity index (χ0v) is 17.8. The number of aromatic amines is 1. The molecule has 1 aromatic heterocycles. The summed E-state index contributed by atoms with van der Waals surface area (Å²) in [6.45, 7) is 2.09. The molecule has 3 aromatic rings. The minimum Gasteiger partial charge on any atom is -0.493 e. The lowest BCUT2D eigenvalue weighted by Crippen LogP contribution is -2.28. The van der Waals surface area contributed by atoms with E-state index in [1.165, 1.54) is 7.11 Å². The molecule has 0 aliphatic heterocycles. The zero-order valence-electron chi connectivity index (χ0n) is 17.0. The first-order chi connectivity index (χ1) is 14.4. The van der Waals surface area contributed by atoms with Crippen LogP contribution in [0.25, 0.3) is 11.0 Å². The second kappa shape index (κ2) is 8.29. The van der Waals surface area contributed by atoms with Gasteiger partial charge in [0, 0.05) is 6.26 Å². The Hall–Kier alpha value is -2.95. The first kappa shape index (κ1) is 22.7. The number of nitrogens with zero attached hydrogens (tertiary/aromatic N) is 1. The fraction of sp³-hybridized carbons (Fsp3) is 0.350. The number of ether oxygens (including phenoxy) is 2. The molecule has 0 spiro atoms. The smallest absolute Gasteiger partial charge is 0.416 e. The molecule has 3 rings (SSSR count). The summed E-state index contributed by atoms with van der Waals surface area (Å²) in [6, 6.07) is 6.56. The molecule has 0 aliphatic rings. The normalized spacial score (nSPS) is 13.4. The van der Waals surface area contributed by atoms with Gasteiger partial charge in [-0.3, -0.25) is 4.57 Å². The maximum atomic E-state index is 13.1. The average molecular weight is 458 g/mol. The number of imidazole rings is 1. The van der Waals surface area contributed by atoms with E-state index in [-0.39, 0.29) is 11.0 Å². The number of H-pyrrole nitrogens is 1. The average Bonchev–Trinajstić information content (AvgIpc) is 2.99. The van der Waals surface area contributed by atoms with Gasteiger partial charge in [-0.15, -0.1) is 0 Å². The number of sulfone groups is 1. The minimum absolute atomic E-state index is 0.0446. The molecular formula is C20H21F3N2O5S. The van der Waals surface area contributed by atoms with E-state index >= 15 is 0 Å². The van der Waals surface area contributed by atoms with Crippen LogP contribution in [0.15, 0.2) is 41.2 Å². The maximum absolute atomic E-state index is 13.1. The SMILES string of the molecule is CCOc1cc([C@@H](CS(C)(=O)=O)n2c(=O)[nH]c3cc(C(F)(F)F)ccc32)ccc1OC. The van der Waals surface area contributed by atoms with Gasteiger partial charge in [0.15, 0.2) is 11.5 Å². The van der Waals surface area contributed by atoms with E-state index in [0.29, 0.717) is 23.7 Å². The minimum atomic E-state index is -4.58.